The van der Waals surface area contributed by atoms with Crippen LogP contribution in [-0.2, 0) is 16.1 Å². The normalized spacial score (nSPS) is 12.4. The maximum Gasteiger partial charge on any atom is 0.248 e. The molecule has 118 valence electrons. The quantitative estimate of drug-likeness (QED) is 0.651. The molecule has 1 unspecified atom stereocenters. The Hall–Kier alpha value is -1.39. The highest BCUT2D eigenvalue weighted by Gasteiger charge is 2.12. The van der Waals surface area contributed by atoms with Gasteiger partial charge in [-0.1, -0.05) is 44.2 Å². The highest BCUT2D eigenvalue weighted by atomic mass is 16.5. The van der Waals surface area contributed by atoms with E-state index in [1.54, 1.807) is 6.92 Å². The van der Waals surface area contributed by atoms with E-state index in [9.17, 15) is 4.79 Å². The van der Waals surface area contributed by atoms with E-state index in [0.29, 0.717) is 19.1 Å². The summed E-state index contributed by atoms with van der Waals surface area (Å²) in [7, 11) is 0. The predicted molar refractivity (Wildman–Crippen MR) is 86.0 cm³/mol. The third-order valence-corrected chi connectivity index (χ3v) is 3.09. The molecule has 0 heterocycles. The second-order valence-corrected chi connectivity index (χ2v) is 5.67. The van der Waals surface area contributed by atoms with Crippen LogP contribution < -0.4 is 10.6 Å². The summed E-state index contributed by atoms with van der Waals surface area (Å²) >= 11 is 0. The van der Waals surface area contributed by atoms with E-state index in [1.807, 2.05) is 18.2 Å². The van der Waals surface area contributed by atoms with Crippen molar-refractivity contribution in [3.05, 3.63) is 35.9 Å². The molecule has 1 aromatic carbocycles. The fourth-order valence-electron chi connectivity index (χ4n) is 1.81. The zero-order valence-corrected chi connectivity index (χ0v) is 13.4. The molecule has 0 fully saturated rings. The van der Waals surface area contributed by atoms with Gasteiger partial charge in [0, 0.05) is 19.7 Å². The Bertz CT molecular complexity index is 393. The van der Waals surface area contributed by atoms with Crippen LogP contribution in [0.15, 0.2) is 30.3 Å². The standard InChI is InChI=1S/C17H28N2O2/c1-14(2)12-19-17(20)15(3)21-11-7-10-18-13-16-8-5-4-6-9-16/h4-6,8-9,14-15,18H,7,10-13H2,1-3H3,(H,19,20). The molecule has 0 saturated carbocycles. The van der Waals surface area contributed by atoms with Gasteiger partial charge >= 0.3 is 0 Å². The molecule has 1 aromatic rings. The summed E-state index contributed by atoms with van der Waals surface area (Å²) in [6.07, 6.45) is 0.520. The molecule has 0 aliphatic carbocycles. The predicted octanol–water partition coefficient (Wildman–Crippen LogP) is 2.34. The number of hydrogen-bond acceptors (Lipinski definition) is 3. The number of nitrogens with one attached hydrogen (secondary N) is 2. The number of benzene rings is 1. The average molecular weight is 292 g/mol. The number of carbonyl (C=O) groups excluding carboxylic acids is 1. The van der Waals surface area contributed by atoms with Crippen molar-refractivity contribution < 1.29 is 9.53 Å². The molecule has 21 heavy (non-hydrogen) atoms. The van der Waals surface area contributed by atoms with Crippen molar-refractivity contribution in [2.24, 2.45) is 5.92 Å². The first-order valence-electron chi connectivity index (χ1n) is 7.73. The molecular weight excluding hydrogens is 264 g/mol. The van der Waals surface area contributed by atoms with Crippen LogP contribution in [0.4, 0.5) is 0 Å². The number of hydrogen-bond donors (Lipinski definition) is 2. The minimum absolute atomic E-state index is 0.0269. The van der Waals surface area contributed by atoms with E-state index < -0.39 is 0 Å². The monoisotopic (exact) mass is 292 g/mol. The van der Waals surface area contributed by atoms with Crippen molar-refractivity contribution in [2.75, 3.05) is 19.7 Å². The highest BCUT2D eigenvalue weighted by molar-refractivity contribution is 5.80. The molecule has 4 nitrogen and oxygen atoms in total. The third-order valence-electron chi connectivity index (χ3n) is 3.09. The van der Waals surface area contributed by atoms with Gasteiger partial charge in [0.05, 0.1) is 0 Å². The molecule has 0 bridgehead atoms. The summed E-state index contributed by atoms with van der Waals surface area (Å²) in [6.45, 7) is 8.99. The lowest BCUT2D eigenvalue weighted by atomic mass is 10.2. The molecular formula is C17H28N2O2. The molecule has 1 atom stereocenters. The molecule has 1 amide bonds. The van der Waals surface area contributed by atoms with Gasteiger partial charge in [0.15, 0.2) is 0 Å². The Labute approximate surface area is 128 Å². The van der Waals surface area contributed by atoms with Crippen LogP contribution in [0.1, 0.15) is 32.8 Å². The minimum atomic E-state index is -0.377. The summed E-state index contributed by atoms with van der Waals surface area (Å²) in [5.41, 5.74) is 1.28. The maximum atomic E-state index is 11.7. The first-order chi connectivity index (χ1) is 10.1. The van der Waals surface area contributed by atoms with E-state index in [2.05, 4.69) is 36.6 Å². The second-order valence-electron chi connectivity index (χ2n) is 5.67. The number of rotatable bonds is 10. The van der Waals surface area contributed by atoms with Crippen LogP contribution in [0.3, 0.4) is 0 Å². The maximum absolute atomic E-state index is 11.7. The smallest absolute Gasteiger partial charge is 0.248 e. The molecule has 0 saturated heterocycles. The molecule has 0 spiro atoms. The van der Waals surface area contributed by atoms with E-state index in [1.165, 1.54) is 5.56 Å². The topological polar surface area (TPSA) is 50.4 Å². The van der Waals surface area contributed by atoms with Crippen LogP contribution in [0.25, 0.3) is 0 Å². The molecule has 1 rings (SSSR count). The average Bonchev–Trinajstić information content (AvgIpc) is 2.49. The lowest BCUT2D eigenvalue weighted by molar-refractivity contribution is -0.131. The summed E-state index contributed by atoms with van der Waals surface area (Å²) < 4.78 is 5.54. The SMILES string of the molecule is CC(C)CNC(=O)C(C)OCCCNCc1ccccc1. The van der Waals surface area contributed by atoms with Crippen LogP contribution >= 0.6 is 0 Å². The van der Waals surface area contributed by atoms with Gasteiger partial charge in [-0.05, 0) is 31.4 Å². The lowest BCUT2D eigenvalue weighted by Crippen LogP contribution is -2.36. The number of carbonyl (C=O) groups is 1. The Kier molecular flexibility index (Phi) is 8.71. The number of amides is 1. The van der Waals surface area contributed by atoms with Gasteiger partial charge in [-0.3, -0.25) is 4.79 Å². The molecule has 0 aliphatic rings. The lowest BCUT2D eigenvalue weighted by Gasteiger charge is -2.14. The van der Waals surface area contributed by atoms with Gasteiger partial charge in [0.2, 0.25) is 5.91 Å². The Morgan fingerprint density at radius 2 is 1.90 bits per heavy atom. The highest BCUT2D eigenvalue weighted by Crippen LogP contribution is 1.98. The Morgan fingerprint density at radius 3 is 2.57 bits per heavy atom. The Morgan fingerprint density at radius 1 is 1.19 bits per heavy atom. The van der Waals surface area contributed by atoms with Gasteiger partial charge in [-0.25, -0.2) is 0 Å². The van der Waals surface area contributed by atoms with Gasteiger partial charge in [-0.2, -0.15) is 0 Å². The van der Waals surface area contributed by atoms with Crippen LogP contribution in [0.5, 0.6) is 0 Å². The van der Waals surface area contributed by atoms with Gasteiger partial charge in [0.25, 0.3) is 0 Å². The van der Waals surface area contributed by atoms with Crippen LogP contribution in [0.2, 0.25) is 0 Å². The summed E-state index contributed by atoms with van der Waals surface area (Å²) in [5, 5.41) is 6.24. The zero-order chi connectivity index (χ0) is 15.5. The van der Waals surface area contributed by atoms with Gasteiger partial charge in [0.1, 0.15) is 6.10 Å². The van der Waals surface area contributed by atoms with Gasteiger partial charge < -0.3 is 15.4 Å². The third kappa shape index (κ3) is 8.48. The Balaban J connectivity index is 2.02. The molecule has 0 radical (unpaired) electrons. The fourth-order valence-corrected chi connectivity index (χ4v) is 1.81. The van der Waals surface area contributed by atoms with E-state index in [-0.39, 0.29) is 12.0 Å². The van der Waals surface area contributed by atoms with Gasteiger partial charge in [-0.15, -0.1) is 0 Å². The van der Waals surface area contributed by atoms with E-state index in [4.69, 9.17) is 4.74 Å². The van der Waals surface area contributed by atoms with Crippen molar-refractivity contribution in [3.63, 3.8) is 0 Å². The first kappa shape index (κ1) is 17.7. The molecule has 0 aliphatic heterocycles. The van der Waals surface area contributed by atoms with Crippen molar-refractivity contribution in [1.29, 1.82) is 0 Å². The molecule has 2 N–H and O–H groups in total. The first-order valence-corrected chi connectivity index (χ1v) is 7.73. The van der Waals surface area contributed by atoms with E-state index >= 15 is 0 Å². The molecule has 0 aromatic heterocycles. The second kappa shape index (κ2) is 10.4. The molecule has 4 heteroatoms. The summed E-state index contributed by atoms with van der Waals surface area (Å²) in [6, 6.07) is 10.3. The summed E-state index contributed by atoms with van der Waals surface area (Å²) in [4.78, 5) is 11.7. The zero-order valence-electron chi connectivity index (χ0n) is 13.4. The van der Waals surface area contributed by atoms with E-state index in [0.717, 1.165) is 19.5 Å². The number of ether oxygens (including phenoxy) is 1. The van der Waals surface area contributed by atoms with Crippen molar-refractivity contribution in [3.8, 4) is 0 Å². The van der Waals surface area contributed by atoms with Crippen molar-refractivity contribution in [1.82, 2.24) is 10.6 Å². The van der Waals surface area contributed by atoms with Crippen LogP contribution in [0, 0.1) is 5.92 Å². The summed E-state index contributed by atoms with van der Waals surface area (Å²) in [5.74, 6) is 0.435. The van der Waals surface area contributed by atoms with Crippen LogP contribution in [-0.4, -0.2) is 31.7 Å². The minimum Gasteiger partial charge on any atom is -0.369 e. The van der Waals surface area contributed by atoms with Crippen molar-refractivity contribution in [2.45, 2.75) is 39.8 Å². The fraction of sp³-hybridized carbons (Fsp3) is 0.588. The van der Waals surface area contributed by atoms with Crippen molar-refractivity contribution >= 4 is 5.91 Å². The largest absolute Gasteiger partial charge is 0.369 e.